The number of alkyl carbamates (subject to hydrolysis) is 1. The highest BCUT2D eigenvalue weighted by Gasteiger charge is 2.21. The fourth-order valence-electron chi connectivity index (χ4n) is 1.65. The molecular weight excluding hydrogens is 282 g/mol. The Morgan fingerprint density at radius 3 is 2.65 bits per heavy atom. The SMILES string of the molecule is CC(C)CC(NC(=O)OCc1cccc(Cl)c1)C(=O)O. The number of benzene rings is 1. The first-order valence-corrected chi connectivity index (χ1v) is 6.67. The minimum atomic E-state index is -1.07. The fourth-order valence-corrected chi connectivity index (χ4v) is 1.87. The number of hydrogen-bond acceptors (Lipinski definition) is 3. The van der Waals surface area contributed by atoms with E-state index in [1.807, 2.05) is 13.8 Å². The quantitative estimate of drug-likeness (QED) is 0.846. The Balaban J connectivity index is 2.47. The number of nitrogens with one attached hydrogen (secondary N) is 1. The molecule has 0 aromatic heterocycles. The van der Waals surface area contributed by atoms with Gasteiger partial charge in [0.05, 0.1) is 0 Å². The lowest BCUT2D eigenvalue weighted by atomic mass is 10.0. The highest BCUT2D eigenvalue weighted by molar-refractivity contribution is 6.30. The lowest BCUT2D eigenvalue weighted by Crippen LogP contribution is -2.41. The van der Waals surface area contributed by atoms with Gasteiger partial charge in [0, 0.05) is 5.02 Å². The second-order valence-electron chi connectivity index (χ2n) is 4.87. The van der Waals surface area contributed by atoms with Crippen LogP contribution in [0.4, 0.5) is 4.79 Å². The second-order valence-corrected chi connectivity index (χ2v) is 5.31. The van der Waals surface area contributed by atoms with Gasteiger partial charge in [0.25, 0.3) is 0 Å². The third-order valence-corrected chi connectivity index (χ3v) is 2.79. The van der Waals surface area contributed by atoms with Gasteiger partial charge in [-0.25, -0.2) is 9.59 Å². The van der Waals surface area contributed by atoms with Crippen molar-refractivity contribution in [1.82, 2.24) is 5.32 Å². The Kier molecular flexibility index (Phi) is 6.31. The van der Waals surface area contributed by atoms with Gasteiger partial charge in [-0.05, 0) is 30.0 Å². The van der Waals surface area contributed by atoms with E-state index in [0.29, 0.717) is 11.4 Å². The number of carbonyl (C=O) groups is 2. The smallest absolute Gasteiger partial charge is 0.408 e. The average molecular weight is 300 g/mol. The van der Waals surface area contributed by atoms with E-state index in [0.717, 1.165) is 5.56 Å². The molecule has 1 rings (SSSR count). The molecule has 1 unspecified atom stereocenters. The van der Waals surface area contributed by atoms with Crippen LogP contribution in [-0.2, 0) is 16.1 Å². The van der Waals surface area contributed by atoms with Crippen LogP contribution >= 0.6 is 11.6 Å². The summed E-state index contributed by atoms with van der Waals surface area (Å²) in [5.41, 5.74) is 0.739. The number of ether oxygens (including phenoxy) is 1. The fraction of sp³-hybridized carbons (Fsp3) is 0.429. The summed E-state index contributed by atoms with van der Waals surface area (Å²) in [5.74, 6) is -0.914. The molecule has 1 aromatic rings. The minimum Gasteiger partial charge on any atom is -0.480 e. The maximum absolute atomic E-state index is 11.6. The maximum atomic E-state index is 11.6. The standard InChI is InChI=1S/C14H18ClNO4/c1-9(2)6-12(13(17)18)16-14(19)20-8-10-4-3-5-11(15)7-10/h3-5,7,9,12H,6,8H2,1-2H3,(H,16,19)(H,17,18). The van der Waals surface area contributed by atoms with E-state index in [1.165, 1.54) is 0 Å². The van der Waals surface area contributed by atoms with Crippen LogP contribution in [0.25, 0.3) is 0 Å². The molecular formula is C14H18ClNO4. The van der Waals surface area contributed by atoms with Crippen LogP contribution in [0.1, 0.15) is 25.8 Å². The lowest BCUT2D eigenvalue weighted by molar-refractivity contribution is -0.139. The summed E-state index contributed by atoms with van der Waals surface area (Å²) in [7, 11) is 0. The van der Waals surface area contributed by atoms with E-state index in [1.54, 1.807) is 24.3 Å². The molecule has 0 spiro atoms. The van der Waals surface area contributed by atoms with Crippen LogP contribution in [0.15, 0.2) is 24.3 Å². The Hall–Kier alpha value is -1.75. The number of amides is 1. The van der Waals surface area contributed by atoms with Crippen LogP contribution in [0.5, 0.6) is 0 Å². The summed E-state index contributed by atoms with van der Waals surface area (Å²) in [4.78, 5) is 22.6. The Morgan fingerprint density at radius 2 is 2.10 bits per heavy atom. The summed E-state index contributed by atoms with van der Waals surface area (Å²) in [6, 6.07) is 5.97. The summed E-state index contributed by atoms with van der Waals surface area (Å²) in [5, 5.41) is 11.9. The predicted molar refractivity (Wildman–Crippen MR) is 75.7 cm³/mol. The molecule has 1 atom stereocenters. The summed E-state index contributed by atoms with van der Waals surface area (Å²) in [6.45, 7) is 3.81. The topological polar surface area (TPSA) is 75.6 Å². The van der Waals surface area contributed by atoms with Crippen molar-refractivity contribution in [2.24, 2.45) is 5.92 Å². The van der Waals surface area contributed by atoms with Gasteiger partial charge in [-0.1, -0.05) is 37.6 Å². The molecule has 0 radical (unpaired) electrons. The molecule has 0 saturated heterocycles. The third-order valence-electron chi connectivity index (χ3n) is 2.56. The molecule has 1 amide bonds. The first-order valence-electron chi connectivity index (χ1n) is 6.29. The number of carboxylic acid groups (broad SMARTS) is 1. The van der Waals surface area contributed by atoms with Crippen molar-refractivity contribution < 1.29 is 19.4 Å². The van der Waals surface area contributed by atoms with Crippen LogP contribution in [-0.4, -0.2) is 23.2 Å². The largest absolute Gasteiger partial charge is 0.480 e. The molecule has 1 aromatic carbocycles. The Morgan fingerprint density at radius 1 is 1.40 bits per heavy atom. The normalized spacial score (nSPS) is 12.0. The van der Waals surface area contributed by atoms with Gasteiger partial charge in [0.2, 0.25) is 0 Å². The van der Waals surface area contributed by atoms with Crippen molar-refractivity contribution in [3.8, 4) is 0 Å². The molecule has 0 aliphatic heterocycles. The lowest BCUT2D eigenvalue weighted by Gasteiger charge is -2.16. The van der Waals surface area contributed by atoms with Crippen LogP contribution in [0.2, 0.25) is 5.02 Å². The third kappa shape index (κ3) is 5.93. The number of aliphatic carboxylic acids is 1. The van der Waals surface area contributed by atoms with Gasteiger partial charge < -0.3 is 15.2 Å². The zero-order chi connectivity index (χ0) is 15.1. The van der Waals surface area contributed by atoms with E-state index >= 15 is 0 Å². The van der Waals surface area contributed by atoms with E-state index in [9.17, 15) is 9.59 Å². The van der Waals surface area contributed by atoms with E-state index in [2.05, 4.69) is 5.32 Å². The molecule has 0 heterocycles. The Bertz CT molecular complexity index is 476. The van der Waals surface area contributed by atoms with Crippen LogP contribution < -0.4 is 5.32 Å². The zero-order valence-electron chi connectivity index (χ0n) is 11.4. The van der Waals surface area contributed by atoms with Gasteiger partial charge in [-0.15, -0.1) is 0 Å². The molecule has 20 heavy (non-hydrogen) atoms. The van der Waals surface area contributed by atoms with Crippen molar-refractivity contribution >= 4 is 23.7 Å². The number of rotatable bonds is 6. The van der Waals surface area contributed by atoms with Crippen LogP contribution in [0.3, 0.4) is 0 Å². The van der Waals surface area contributed by atoms with Crippen molar-refractivity contribution in [1.29, 1.82) is 0 Å². The number of carbonyl (C=O) groups excluding carboxylic acids is 1. The zero-order valence-corrected chi connectivity index (χ0v) is 12.2. The molecule has 6 heteroatoms. The highest BCUT2D eigenvalue weighted by atomic mass is 35.5. The monoisotopic (exact) mass is 299 g/mol. The van der Waals surface area contributed by atoms with Crippen molar-refractivity contribution in [3.63, 3.8) is 0 Å². The van der Waals surface area contributed by atoms with Gasteiger partial charge in [0.1, 0.15) is 12.6 Å². The van der Waals surface area contributed by atoms with Gasteiger partial charge in [-0.3, -0.25) is 0 Å². The molecule has 110 valence electrons. The maximum Gasteiger partial charge on any atom is 0.408 e. The van der Waals surface area contributed by atoms with Gasteiger partial charge >= 0.3 is 12.1 Å². The molecule has 2 N–H and O–H groups in total. The Labute approximate surface area is 122 Å². The van der Waals surface area contributed by atoms with Gasteiger partial charge in [-0.2, -0.15) is 0 Å². The molecule has 0 aliphatic carbocycles. The van der Waals surface area contributed by atoms with Crippen molar-refractivity contribution in [2.75, 3.05) is 0 Å². The summed E-state index contributed by atoms with van der Waals surface area (Å²) in [6.07, 6.45) is -0.403. The molecule has 0 fully saturated rings. The summed E-state index contributed by atoms with van der Waals surface area (Å²) >= 11 is 5.81. The first kappa shape index (κ1) is 16.3. The highest BCUT2D eigenvalue weighted by Crippen LogP contribution is 2.11. The molecule has 0 bridgehead atoms. The first-order chi connectivity index (χ1) is 9.38. The minimum absolute atomic E-state index is 0.0421. The number of hydrogen-bond donors (Lipinski definition) is 2. The van der Waals surface area contributed by atoms with Crippen LogP contribution in [0, 0.1) is 5.92 Å². The predicted octanol–water partition coefficient (Wildman–Crippen LogP) is 3.07. The average Bonchev–Trinajstić information content (AvgIpc) is 2.35. The second kappa shape index (κ2) is 7.75. The molecule has 0 saturated carbocycles. The molecule has 5 nitrogen and oxygen atoms in total. The summed E-state index contributed by atoms with van der Waals surface area (Å²) < 4.78 is 4.97. The number of carboxylic acids is 1. The van der Waals surface area contributed by atoms with E-state index in [-0.39, 0.29) is 12.5 Å². The molecule has 0 aliphatic rings. The van der Waals surface area contributed by atoms with Crippen molar-refractivity contribution in [3.05, 3.63) is 34.9 Å². The van der Waals surface area contributed by atoms with E-state index < -0.39 is 18.1 Å². The number of halogens is 1. The van der Waals surface area contributed by atoms with Gasteiger partial charge in [0.15, 0.2) is 0 Å². The van der Waals surface area contributed by atoms with E-state index in [4.69, 9.17) is 21.4 Å². The van der Waals surface area contributed by atoms with Crippen molar-refractivity contribution in [2.45, 2.75) is 32.9 Å².